The average Bonchev–Trinajstić information content (AvgIpc) is 3.52. The number of benzene rings is 3. The molecule has 0 spiro atoms. The van der Waals surface area contributed by atoms with Crippen LogP contribution in [0.4, 0.5) is 17.1 Å². The van der Waals surface area contributed by atoms with E-state index in [1.54, 1.807) is 37.3 Å². The van der Waals surface area contributed by atoms with Crippen LogP contribution in [0.15, 0.2) is 107 Å². The maximum Gasteiger partial charge on any atom is 0.331 e. The summed E-state index contributed by atoms with van der Waals surface area (Å²) in [6, 6.07) is 28.0. The number of carbonyl (C=O) groups excluding carboxylic acids is 3. The van der Waals surface area contributed by atoms with Crippen molar-refractivity contribution in [3.63, 3.8) is 0 Å². The van der Waals surface area contributed by atoms with Gasteiger partial charge >= 0.3 is 11.9 Å². The maximum atomic E-state index is 13.1. The second-order valence-electron chi connectivity index (χ2n) is 9.81. The molecule has 2 aromatic heterocycles. The standard InChI is InChI=1S/C34H28N4O5S/c1-21(36-42-23(3)39)25-10-14-28(15-11-25)38(29-16-12-27(13-17-29)33(41)26-8-6-5-7-9-26)32-20-31(22(2)37-43-24(4)40)35-30-18-19-44-34(30)32/h5-20H,1-4H3/b36-21-,37-22-. The van der Waals surface area contributed by atoms with Gasteiger partial charge in [-0.1, -0.05) is 52.8 Å². The van der Waals surface area contributed by atoms with Gasteiger partial charge in [0.2, 0.25) is 0 Å². The quantitative estimate of drug-likeness (QED) is 0.0738. The highest BCUT2D eigenvalue weighted by molar-refractivity contribution is 7.17. The summed E-state index contributed by atoms with van der Waals surface area (Å²) in [4.78, 5) is 52.2. The number of ketones is 1. The molecule has 44 heavy (non-hydrogen) atoms. The van der Waals surface area contributed by atoms with E-state index in [1.165, 1.54) is 13.8 Å². The minimum absolute atomic E-state index is 0.0697. The van der Waals surface area contributed by atoms with Crippen LogP contribution >= 0.6 is 11.3 Å². The normalized spacial score (nSPS) is 11.7. The van der Waals surface area contributed by atoms with Crippen molar-refractivity contribution in [1.29, 1.82) is 0 Å². The van der Waals surface area contributed by atoms with Crippen LogP contribution in [0.1, 0.15) is 54.9 Å². The van der Waals surface area contributed by atoms with Crippen LogP contribution in [-0.4, -0.2) is 34.1 Å². The molecule has 0 radical (unpaired) electrons. The molecule has 0 aliphatic rings. The molecule has 0 amide bonds. The van der Waals surface area contributed by atoms with E-state index in [4.69, 9.17) is 14.7 Å². The molecule has 0 aliphatic carbocycles. The fourth-order valence-electron chi connectivity index (χ4n) is 4.45. The Labute approximate surface area is 258 Å². The third kappa shape index (κ3) is 6.77. The second kappa shape index (κ2) is 13.2. The Kier molecular flexibility index (Phi) is 9.01. The van der Waals surface area contributed by atoms with Crippen molar-refractivity contribution in [1.82, 2.24) is 4.98 Å². The number of hydrogen-bond acceptors (Lipinski definition) is 10. The first-order valence-electron chi connectivity index (χ1n) is 13.6. The zero-order valence-corrected chi connectivity index (χ0v) is 25.3. The minimum atomic E-state index is -0.527. The number of nitrogens with zero attached hydrogens (tertiary/aromatic N) is 4. The molecule has 5 rings (SSSR count). The first-order valence-corrected chi connectivity index (χ1v) is 14.5. The van der Waals surface area contributed by atoms with Crippen LogP contribution in [0.2, 0.25) is 0 Å². The van der Waals surface area contributed by atoms with E-state index >= 15 is 0 Å². The molecular weight excluding hydrogens is 576 g/mol. The first-order chi connectivity index (χ1) is 21.2. The zero-order valence-electron chi connectivity index (χ0n) is 24.5. The third-order valence-corrected chi connectivity index (χ3v) is 7.52. The second-order valence-corrected chi connectivity index (χ2v) is 10.7. The van der Waals surface area contributed by atoms with Gasteiger partial charge in [-0.3, -0.25) is 4.79 Å². The van der Waals surface area contributed by atoms with Crippen molar-refractivity contribution in [2.24, 2.45) is 10.3 Å². The average molecular weight is 605 g/mol. The summed E-state index contributed by atoms with van der Waals surface area (Å²) >= 11 is 1.54. The Balaban J connectivity index is 1.62. The molecule has 3 aromatic carbocycles. The van der Waals surface area contributed by atoms with Gasteiger partial charge in [0, 0.05) is 36.3 Å². The summed E-state index contributed by atoms with van der Waals surface area (Å²) in [6.45, 7) is 6.06. The van der Waals surface area contributed by atoms with Gasteiger partial charge in [0.05, 0.1) is 27.3 Å². The number of carbonyl (C=O) groups is 3. The molecule has 220 valence electrons. The molecule has 0 N–H and O–H groups in total. The van der Waals surface area contributed by atoms with Gasteiger partial charge in [-0.2, -0.15) is 0 Å². The van der Waals surface area contributed by atoms with E-state index < -0.39 is 11.9 Å². The predicted molar refractivity (Wildman–Crippen MR) is 172 cm³/mol. The van der Waals surface area contributed by atoms with E-state index in [-0.39, 0.29) is 5.78 Å². The molecule has 0 unspecified atom stereocenters. The fourth-order valence-corrected chi connectivity index (χ4v) is 5.29. The third-order valence-electron chi connectivity index (χ3n) is 6.59. The van der Waals surface area contributed by atoms with Crippen molar-refractivity contribution in [2.75, 3.05) is 4.90 Å². The van der Waals surface area contributed by atoms with Gasteiger partial charge in [0.1, 0.15) is 5.71 Å². The van der Waals surface area contributed by atoms with Gasteiger partial charge in [0.15, 0.2) is 5.78 Å². The topological polar surface area (TPSA) is 111 Å². The number of pyridine rings is 1. The maximum absolute atomic E-state index is 13.1. The minimum Gasteiger partial charge on any atom is -0.318 e. The summed E-state index contributed by atoms with van der Waals surface area (Å²) in [5.41, 5.74) is 6.66. The number of rotatable bonds is 9. The Hall–Kier alpha value is -5.48. The summed E-state index contributed by atoms with van der Waals surface area (Å²) in [7, 11) is 0. The van der Waals surface area contributed by atoms with Gasteiger partial charge in [0.25, 0.3) is 0 Å². The first kappa shape index (κ1) is 30.0. The Bertz CT molecular complexity index is 1900. The predicted octanol–water partition coefficient (Wildman–Crippen LogP) is 7.57. The largest absolute Gasteiger partial charge is 0.331 e. The molecule has 0 atom stereocenters. The van der Waals surface area contributed by atoms with E-state index in [0.717, 1.165) is 32.8 Å². The van der Waals surface area contributed by atoms with E-state index in [2.05, 4.69) is 15.2 Å². The van der Waals surface area contributed by atoms with E-state index in [0.29, 0.717) is 28.2 Å². The Morgan fingerprint density at radius 1 is 0.682 bits per heavy atom. The molecule has 0 saturated heterocycles. The van der Waals surface area contributed by atoms with Crippen LogP contribution in [-0.2, 0) is 19.3 Å². The summed E-state index contributed by atoms with van der Waals surface area (Å²) < 4.78 is 0.926. The molecule has 2 heterocycles. The number of thiophene rings is 1. The number of anilines is 3. The molecule has 9 nitrogen and oxygen atoms in total. The van der Waals surface area contributed by atoms with Gasteiger partial charge in [-0.05, 0) is 73.3 Å². The van der Waals surface area contributed by atoms with Crippen LogP contribution in [0.3, 0.4) is 0 Å². The molecule has 0 bridgehead atoms. The lowest BCUT2D eigenvalue weighted by Gasteiger charge is -2.27. The molecular formula is C34H28N4O5S. The lowest BCUT2D eigenvalue weighted by Crippen LogP contribution is -2.13. The van der Waals surface area contributed by atoms with Gasteiger partial charge in [-0.15, -0.1) is 11.3 Å². The molecule has 5 aromatic rings. The fraction of sp³-hybridized carbons (Fsp3) is 0.118. The summed E-state index contributed by atoms with van der Waals surface area (Å²) in [5.74, 6) is -1.09. The summed E-state index contributed by atoms with van der Waals surface area (Å²) in [6.07, 6.45) is 0. The lowest BCUT2D eigenvalue weighted by atomic mass is 10.0. The smallest absolute Gasteiger partial charge is 0.318 e. The van der Waals surface area contributed by atoms with Crippen LogP contribution in [0.5, 0.6) is 0 Å². The summed E-state index contributed by atoms with van der Waals surface area (Å²) in [5, 5.41) is 9.81. The highest BCUT2D eigenvalue weighted by Crippen LogP contribution is 2.41. The van der Waals surface area contributed by atoms with E-state index in [1.807, 2.05) is 84.2 Å². The highest BCUT2D eigenvalue weighted by atomic mass is 32.1. The van der Waals surface area contributed by atoms with Crippen molar-refractivity contribution in [3.8, 4) is 0 Å². The number of aromatic nitrogens is 1. The van der Waals surface area contributed by atoms with Crippen molar-refractivity contribution in [2.45, 2.75) is 27.7 Å². The van der Waals surface area contributed by atoms with Crippen LogP contribution < -0.4 is 4.90 Å². The monoisotopic (exact) mass is 604 g/mol. The molecule has 0 saturated carbocycles. The molecule has 0 aliphatic heterocycles. The number of fused-ring (bicyclic) bond motifs is 1. The van der Waals surface area contributed by atoms with Crippen molar-refractivity contribution >= 4 is 67.8 Å². The Morgan fingerprint density at radius 3 is 1.82 bits per heavy atom. The zero-order chi connectivity index (χ0) is 31.2. The molecule has 0 fully saturated rings. The number of oxime groups is 2. The van der Waals surface area contributed by atoms with Gasteiger partial charge in [-0.25, -0.2) is 14.6 Å². The van der Waals surface area contributed by atoms with E-state index in [9.17, 15) is 14.4 Å². The lowest BCUT2D eigenvalue weighted by molar-refractivity contribution is -0.141. The van der Waals surface area contributed by atoms with Crippen LogP contribution in [0, 0.1) is 0 Å². The Morgan fingerprint density at radius 2 is 1.23 bits per heavy atom. The SMILES string of the molecule is CC(=O)O/N=C(/C)c1ccc(N(c2ccc(C(=O)c3ccccc3)cc2)c2cc(/C(C)=N\OC(C)=O)nc3ccsc23)cc1. The van der Waals surface area contributed by atoms with Crippen molar-refractivity contribution < 1.29 is 24.1 Å². The van der Waals surface area contributed by atoms with Gasteiger partial charge < -0.3 is 14.6 Å². The highest BCUT2D eigenvalue weighted by Gasteiger charge is 2.20. The number of hydrogen-bond donors (Lipinski definition) is 0. The van der Waals surface area contributed by atoms with Crippen molar-refractivity contribution in [3.05, 3.63) is 119 Å². The molecule has 10 heteroatoms. The van der Waals surface area contributed by atoms with Crippen LogP contribution in [0.25, 0.3) is 10.2 Å².